The lowest BCUT2D eigenvalue weighted by molar-refractivity contribution is -0.137. The van der Waals surface area contributed by atoms with Gasteiger partial charge in [0.1, 0.15) is 17.2 Å². The molecule has 1 aromatic carbocycles. The Morgan fingerprint density at radius 1 is 1.22 bits per heavy atom. The second-order valence-electron chi connectivity index (χ2n) is 9.55. The molecule has 12 heteroatoms. The summed E-state index contributed by atoms with van der Waals surface area (Å²) in [6, 6.07) is 4.27. The number of anilines is 1. The van der Waals surface area contributed by atoms with Gasteiger partial charge < -0.3 is 29.5 Å². The van der Waals surface area contributed by atoms with Crippen molar-refractivity contribution in [2.24, 2.45) is 0 Å². The molecule has 1 amide bonds. The molecule has 0 radical (unpaired) electrons. The van der Waals surface area contributed by atoms with Crippen LogP contribution < -0.4 is 10.1 Å². The number of aryl methyl sites for hydroxylation is 1. The molecule has 0 aliphatic carbocycles. The first-order chi connectivity index (χ1) is 16.8. The Bertz CT molecular complexity index is 1070. The van der Waals surface area contributed by atoms with E-state index in [1.54, 1.807) is 33.8 Å². The number of hydrogen-bond acceptors (Lipinski definition) is 8. The SMILES string of the molecule is COCOc1cc(C(F)(F)F)ccc1-c1nnc(N[C@H]2CN(C(=O)OC(C)(C)C)CC[C@H]2O)cc1C. The normalized spacial score (nSPS) is 18.6. The number of alkyl halides is 3. The smallest absolute Gasteiger partial charge is 0.416 e. The summed E-state index contributed by atoms with van der Waals surface area (Å²) in [7, 11) is 1.36. The van der Waals surface area contributed by atoms with Crippen molar-refractivity contribution in [1.82, 2.24) is 15.1 Å². The van der Waals surface area contributed by atoms with E-state index in [1.165, 1.54) is 18.1 Å². The first-order valence-electron chi connectivity index (χ1n) is 11.4. The monoisotopic (exact) mass is 512 g/mol. The minimum atomic E-state index is -4.54. The van der Waals surface area contributed by atoms with Crippen molar-refractivity contribution in [1.29, 1.82) is 0 Å². The molecule has 2 aromatic rings. The number of aromatic nitrogens is 2. The fourth-order valence-corrected chi connectivity index (χ4v) is 3.72. The minimum Gasteiger partial charge on any atom is -0.467 e. The molecule has 1 aliphatic rings. The average Bonchev–Trinajstić information content (AvgIpc) is 2.77. The Kier molecular flexibility index (Phi) is 8.29. The van der Waals surface area contributed by atoms with Crippen molar-refractivity contribution in [3.8, 4) is 17.0 Å². The molecule has 1 saturated heterocycles. The number of likely N-dealkylation sites (tertiary alicyclic amines) is 1. The quantitative estimate of drug-likeness (QED) is 0.554. The first kappa shape index (κ1) is 27.5. The van der Waals surface area contributed by atoms with Gasteiger partial charge in [0.25, 0.3) is 0 Å². The number of hydrogen-bond donors (Lipinski definition) is 2. The minimum absolute atomic E-state index is 0.0412. The van der Waals surface area contributed by atoms with Crippen LogP contribution in [0.15, 0.2) is 24.3 Å². The molecule has 0 saturated carbocycles. The molecule has 1 aromatic heterocycles. The zero-order valence-corrected chi connectivity index (χ0v) is 20.8. The van der Waals surface area contributed by atoms with E-state index in [0.717, 1.165) is 12.1 Å². The number of nitrogens with one attached hydrogen (secondary N) is 1. The molecule has 2 N–H and O–H groups in total. The molecule has 0 spiro atoms. The summed E-state index contributed by atoms with van der Waals surface area (Å²) in [5.41, 5.74) is -0.227. The van der Waals surface area contributed by atoms with Crippen LogP contribution >= 0.6 is 0 Å². The van der Waals surface area contributed by atoms with Gasteiger partial charge in [-0.05, 0) is 63.9 Å². The van der Waals surface area contributed by atoms with Crippen LogP contribution in [0.25, 0.3) is 11.3 Å². The first-order valence-corrected chi connectivity index (χ1v) is 11.4. The number of aliphatic hydroxyl groups excluding tert-OH is 1. The van der Waals surface area contributed by atoms with E-state index in [0.29, 0.717) is 35.6 Å². The topological polar surface area (TPSA) is 106 Å². The lowest BCUT2D eigenvalue weighted by atomic mass is 10.0. The molecule has 9 nitrogen and oxygen atoms in total. The van der Waals surface area contributed by atoms with E-state index in [9.17, 15) is 23.1 Å². The summed E-state index contributed by atoms with van der Waals surface area (Å²) < 4.78 is 55.2. The van der Waals surface area contributed by atoms with Gasteiger partial charge in [0.05, 0.1) is 23.4 Å². The number of amides is 1. The predicted molar refractivity (Wildman–Crippen MR) is 126 cm³/mol. The highest BCUT2D eigenvalue weighted by Gasteiger charge is 2.34. The third kappa shape index (κ3) is 6.97. The van der Waals surface area contributed by atoms with Crippen LogP contribution in [0, 0.1) is 6.92 Å². The van der Waals surface area contributed by atoms with Gasteiger partial charge in [0.15, 0.2) is 6.79 Å². The highest BCUT2D eigenvalue weighted by Crippen LogP contribution is 2.37. The van der Waals surface area contributed by atoms with Crippen LogP contribution in [-0.4, -0.2) is 71.0 Å². The molecular formula is C24H31F3N4O5. The summed E-state index contributed by atoms with van der Waals surface area (Å²) in [6.45, 7) is 7.39. The van der Waals surface area contributed by atoms with Crippen molar-refractivity contribution < 1.29 is 37.3 Å². The van der Waals surface area contributed by atoms with E-state index in [2.05, 4.69) is 15.5 Å². The van der Waals surface area contributed by atoms with Crippen LogP contribution in [-0.2, 0) is 15.7 Å². The van der Waals surface area contributed by atoms with Crippen molar-refractivity contribution in [3.63, 3.8) is 0 Å². The van der Waals surface area contributed by atoms with Gasteiger partial charge in [0.2, 0.25) is 0 Å². The van der Waals surface area contributed by atoms with Crippen LogP contribution in [0.4, 0.5) is 23.8 Å². The molecule has 2 atom stereocenters. The summed E-state index contributed by atoms with van der Waals surface area (Å²) in [6.07, 6.45) is -5.38. The maximum Gasteiger partial charge on any atom is 0.416 e. The number of rotatable bonds is 6. The van der Waals surface area contributed by atoms with Gasteiger partial charge in [-0.25, -0.2) is 4.79 Å². The van der Waals surface area contributed by atoms with E-state index < -0.39 is 35.6 Å². The van der Waals surface area contributed by atoms with E-state index in [1.807, 2.05) is 0 Å². The fraction of sp³-hybridized carbons (Fsp3) is 0.542. The van der Waals surface area contributed by atoms with Gasteiger partial charge in [-0.2, -0.15) is 13.2 Å². The largest absolute Gasteiger partial charge is 0.467 e. The molecule has 1 fully saturated rings. The van der Waals surface area contributed by atoms with E-state index in [-0.39, 0.29) is 19.1 Å². The van der Waals surface area contributed by atoms with Gasteiger partial charge in [0, 0.05) is 25.8 Å². The van der Waals surface area contributed by atoms with Crippen LogP contribution in [0.1, 0.15) is 38.3 Å². The number of carbonyl (C=O) groups excluding carboxylic acids is 1. The van der Waals surface area contributed by atoms with Gasteiger partial charge in [-0.15, -0.1) is 10.2 Å². The Hall–Kier alpha value is -3.12. The van der Waals surface area contributed by atoms with E-state index >= 15 is 0 Å². The highest BCUT2D eigenvalue weighted by molar-refractivity contribution is 5.71. The van der Waals surface area contributed by atoms with Gasteiger partial charge in [-0.1, -0.05) is 0 Å². The summed E-state index contributed by atoms with van der Waals surface area (Å²) in [5, 5.41) is 21.9. The summed E-state index contributed by atoms with van der Waals surface area (Å²) >= 11 is 0. The zero-order valence-electron chi connectivity index (χ0n) is 20.8. The fourth-order valence-electron chi connectivity index (χ4n) is 3.72. The third-order valence-electron chi connectivity index (χ3n) is 5.44. The van der Waals surface area contributed by atoms with Crippen LogP contribution in [0.2, 0.25) is 0 Å². The Morgan fingerprint density at radius 2 is 1.94 bits per heavy atom. The highest BCUT2D eigenvalue weighted by atomic mass is 19.4. The third-order valence-corrected chi connectivity index (χ3v) is 5.44. The van der Waals surface area contributed by atoms with Crippen molar-refractivity contribution in [2.75, 3.05) is 32.3 Å². The van der Waals surface area contributed by atoms with Crippen molar-refractivity contribution in [3.05, 3.63) is 35.4 Å². The standard InChI is InChI=1S/C24H31F3N4O5/c1-14-10-20(28-17-12-31(9-8-18(17)32)22(33)36-23(2,3)4)29-30-21(14)16-7-6-15(24(25,26)27)11-19(16)35-13-34-5/h6-7,10-11,17-18,32H,8-9,12-13H2,1-5H3,(H,28,29)/t17-,18+/m0/s1. The second-order valence-corrected chi connectivity index (χ2v) is 9.55. The molecule has 0 unspecified atom stereocenters. The Morgan fingerprint density at radius 3 is 2.56 bits per heavy atom. The maximum atomic E-state index is 13.2. The summed E-state index contributed by atoms with van der Waals surface area (Å²) in [5.74, 6) is 0.304. The zero-order chi connectivity index (χ0) is 26.7. The van der Waals surface area contributed by atoms with Gasteiger partial charge in [-0.3, -0.25) is 0 Å². The number of ether oxygens (including phenoxy) is 3. The lowest BCUT2D eigenvalue weighted by Gasteiger charge is -2.37. The molecular weight excluding hydrogens is 481 g/mol. The Labute approximate surface area is 207 Å². The number of carbonyl (C=O) groups is 1. The van der Waals surface area contributed by atoms with Crippen molar-refractivity contribution >= 4 is 11.9 Å². The van der Waals surface area contributed by atoms with Gasteiger partial charge >= 0.3 is 12.3 Å². The summed E-state index contributed by atoms with van der Waals surface area (Å²) in [4.78, 5) is 14.0. The molecule has 2 heterocycles. The molecule has 198 valence electrons. The molecule has 3 rings (SSSR count). The number of aliphatic hydroxyl groups is 1. The molecule has 0 bridgehead atoms. The number of halogens is 3. The molecule has 1 aliphatic heterocycles. The number of piperidine rings is 1. The lowest BCUT2D eigenvalue weighted by Crippen LogP contribution is -2.53. The maximum absolute atomic E-state index is 13.2. The number of benzene rings is 1. The van der Waals surface area contributed by atoms with Crippen molar-refractivity contribution in [2.45, 2.75) is 58.0 Å². The average molecular weight is 513 g/mol. The predicted octanol–water partition coefficient (Wildman–Crippen LogP) is 4.24. The van der Waals surface area contributed by atoms with Crippen LogP contribution in [0.3, 0.4) is 0 Å². The van der Waals surface area contributed by atoms with E-state index in [4.69, 9.17) is 14.2 Å². The number of methoxy groups -OCH3 is 1. The Balaban J connectivity index is 1.81. The molecule has 36 heavy (non-hydrogen) atoms. The number of nitrogens with zero attached hydrogens (tertiary/aromatic N) is 3. The second kappa shape index (κ2) is 10.9. The van der Waals surface area contributed by atoms with Crippen LogP contribution in [0.5, 0.6) is 5.75 Å².